The maximum absolute atomic E-state index is 4.20. The van der Waals surface area contributed by atoms with Crippen molar-refractivity contribution in [2.75, 3.05) is 31.5 Å². The number of anilines is 1. The molecule has 1 aliphatic rings. The molecule has 94 valence electrons. The van der Waals surface area contributed by atoms with E-state index in [4.69, 9.17) is 0 Å². The fourth-order valence-electron chi connectivity index (χ4n) is 2.18. The maximum Gasteiger partial charge on any atom is 0.143 e. The van der Waals surface area contributed by atoms with Gasteiger partial charge in [0.1, 0.15) is 12.1 Å². The van der Waals surface area contributed by atoms with Gasteiger partial charge in [-0.1, -0.05) is 6.92 Å². The summed E-state index contributed by atoms with van der Waals surface area (Å²) in [6.45, 7) is 6.94. The third kappa shape index (κ3) is 3.92. The molecule has 1 N–H and O–H groups in total. The number of likely N-dealkylation sites (tertiary alicyclic amines) is 1. The first kappa shape index (κ1) is 12.8. The molecule has 1 saturated heterocycles. The van der Waals surface area contributed by atoms with Crippen molar-refractivity contribution in [1.29, 1.82) is 0 Å². The zero-order valence-corrected chi connectivity index (χ0v) is 11.8. The number of aromatic nitrogens is 2. The van der Waals surface area contributed by atoms with Crippen LogP contribution in [0.1, 0.15) is 19.8 Å². The van der Waals surface area contributed by atoms with Crippen molar-refractivity contribution in [1.82, 2.24) is 14.9 Å². The van der Waals surface area contributed by atoms with Gasteiger partial charge in [-0.3, -0.25) is 0 Å². The Morgan fingerprint density at radius 1 is 1.47 bits per heavy atom. The molecule has 0 saturated carbocycles. The Morgan fingerprint density at radius 2 is 2.24 bits per heavy atom. The van der Waals surface area contributed by atoms with Crippen LogP contribution in [-0.2, 0) is 0 Å². The first-order valence-corrected chi connectivity index (χ1v) is 6.96. The van der Waals surface area contributed by atoms with Crippen LogP contribution in [-0.4, -0.2) is 41.0 Å². The summed E-state index contributed by atoms with van der Waals surface area (Å²) in [5.74, 6) is 1.52. The molecule has 0 spiro atoms. The zero-order chi connectivity index (χ0) is 12.1. The monoisotopic (exact) mass is 298 g/mol. The second-order valence-electron chi connectivity index (χ2n) is 4.71. The number of halogens is 1. The number of rotatable bonds is 5. The number of hydrogen-bond donors (Lipinski definition) is 1. The Labute approximate surface area is 111 Å². The van der Waals surface area contributed by atoms with E-state index in [1.807, 2.05) is 0 Å². The standard InChI is InChI=1S/C12H19BrN4/c1-10(8-17-4-2-3-5-17)6-15-12-11(13)7-14-9-16-12/h7,9-10H,2-6,8H2,1H3,(H,14,15,16). The highest BCUT2D eigenvalue weighted by Crippen LogP contribution is 2.17. The van der Waals surface area contributed by atoms with Crippen LogP contribution in [0.15, 0.2) is 17.0 Å². The van der Waals surface area contributed by atoms with Crippen LogP contribution in [0.25, 0.3) is 0 Å². The van der Waals surface area contributed by atoms with E-state index in [-0.39, 0.29) is 0 Å². The van der Waals surface area contributed by atoms with Crippen molar-refractivity contribution in [3.63, 3.8) is 0 Å². The quantitative estimate of drug-likeness (QED) is 0.906. The lowest BCUT2D eigenvalue weighted by Crippen LogP contribution is -2.29. The van der Waals surface area contributed by atoms with E-state index in [0.717, 1.165) is 16.8 Å². The van der Waals surface area contributed by atoms with Gasteiger partial charge in [-0.2, -0.15) is 0 Å². The van der Waals surface area contributed by atoms with Crippen molar-refractivity contribution in [3.05, 3.63) is 17.0 Å². The third-order valence-corrected chi connectivity index (χ3v) is 3.63. The van der Waals surface area contributed by atoms with Gasteiger partial charge in [0.25, 0.3) is 0 Å². The highest BCUT2D eigenvalue weighted by molar-refractivity contribution is 9.10. The van der Waals surface area contributed by atoms with Crippen LogP contribution in [0.3, 0.4) is 0 Å². The first-order valence-electron chi connectivity index (χ1n) is 6.17. The molecule has 17 heavy (non-hydrogen) atoms. The molecule has 1 aromatic heterocycles. The lowest BCUT2D eigenvalue weighted by molar-refractivity contribution is 0.294. The topological polar surface area (TPSA) is 41.1 Å². The molecule has 2 heterocycles. The van der Waals surface area contributed by atoms with Crippen molar-refractivity contribution in [3.8, 4) is 0 Å². The molecule has 1 aliphatic heterocycles. The Hall–Kier alpha value is -0.680. The zero-order valence-electron chi connectivity index (χ0n) is 10.2. The molecule has 2 rings (SSSR count). The Bertz CT molecular complexity index is 352. The average molecular weight is 299 g/mol. The van der Waals surface area contributed by atoms with E-state index in [1.54, 1.807) is 12.5 Å². The molecule has 0 radical (unpaired) electrons. The Balaban J connectivity index is 1.75. The van der Waals surface area contributed by atoms with Gasteiger partial charge in [-0.15, -0.1) is 0 Å². The van der Waals surface area contributed by atoms with Gasteiger partial charge in [0, 0.05) is 19.3 Å². The van der Waals surface area contributed by atoms with E-state index < -0.39 is 0 Å². The van der Waals surface area contributed by atoms with Gasteiger partial charge in [-0.05, 0) is 47.8 Å². The molecule has 0 bridgehead atoms. The van der Waals surface area contributed by atoms with E-state index in [2.05, 4.69) is 43.0 Å². The summed E-state index contributed by atoms with van der Waals surface area (Å²) in [6, 6.07) is 0. The van der Waals surface area contributed by atoms with E-state index in [9.17, 15) is 0 Å². The normalized spacial score (nSPS) is 18.2. The van der Waals surface area contributed by atoms with Gasteiger partial charge in [0.2, 0.25) is 0 Å². The van der Waals surface area contributed by atoms with E-state index in [1.165, 1.54) is 32.5 Å². The highest BCUT2D eigenvalue weighted by Gasteiger charge is 2.14. The summed E-state index contributed by atoms with van der Waals surface area (Å²) in [7, 11) is 0. The lowest BCUT2D eigenvalue weighted by atomic mass is 10.1. The average Bonchev–Trinajstić information content (AvgIpc) is 2.81. The van der Waals surface area contributed by atoms with Crippen LogP contribution in [0.4, 0.5) is 5.82 Å². The number of nitrogens with zero attached hydrogens (tertiary/aromatic N) is 3. The van der Waals surface area contributed by atoms with Crippen molar-refractivity contribution in [2.24, 2.45) is 5.92 Å². The highest BCUT2D eigenvalue weighted by atomic mass is 79.9. The third-order valence-electron chi connectivity index (χ3n) is 3.05. The van der Waals surface area contributed by atoms with Gasteiger partial charge >= 0.3 is 0 Å². The Kier molecular flexibility index (Phi) is 4.74. The van der Waals surface area contributed by atoms with Crippen molar-refractivity contribution in [2.45, 2.75) is 19.8 Å². The van der Waals surface area contributed by atoms with Gasteiger partial charge < -0.3 is 10.2 Å². The molecule has 1 atom stereocenters. The predicted octanol–water partition coefficient (Wildman–Crippen LogP) is 2.38. The fraction of sp³-hybridized carbons (Fsp3) is 0.667. The van der Waals surface area contributed by atoms with E-state index >= 15 is 0 Å². The molecule has 1 fully saturated rings. The first-order chi connectivity index (χ1) is 8.25. The molecule has 4 nitrogen and oxygen atoms in total. The molecular weight excluding hydrogens is 280 g/mol. The minimum atomic E-state index is 0.634. The van der Waals surface area contributed by atoms with Crippen LogP contribution >= 0.6 is 15.9 Å². The minimum absolute atomic E-state index is 0.634. The largest absolute Gasteiger partial charge is 0.369 e. The molecule has 1 unspecified atom stereocenters. The van der Waals surface area contributed by atoms with Crippen LogP contribution in [0.5, 0.6) is 0 Å². The molecule has 0 aliphatic carbocycles. The summed E-state index contributed by atoms with van der Waals surface area (Å²) in [4.78, 5) is 10.7. The molecule has 5 heteroatoms. The van der Waals surface area contributed by atoms with Gasteiger partial charge in [0.15, 0.2) is 0 Å². The minimum Gasteiger partial charge on any atom is -0.369 e. The van der Waals surface area contributed by atoms with Gasteiger partial charge in [-0.25, -0.2) is 9.97 Å². The van der Waals surface area contributed by atoms with E-state index in [0.29, 0.717) is 5.92 Å². The number of nitrogens with one attached hydrogen (secondary N) is 1. The van der Waals surface area contributed by atoms with Crippen molar-refractivity contribution < 1.29 is 0 Å². The molecular formula is C12H19BrN4. The summed E-state index contributed by atoms with van der Waals surface area (Å²) in [6.07, 6.45) is 6.05. The summed E-state index contributed by atoms with van der Waals surface area (Å²) < 4.78 is 0.924. The smallest absolute Gasteiger partial charge is 0.143 e. The molecule has 1 aromatic rings. The fourth-order valence-corrected chi connectivity index (χ4v) is 2.54. The number of hydrogen-bond acceptors (Lipinski definition) is 4. The second-order valence-corrected chi connectivity index (χ2v) is 5.57. The molecule has 0 amide bonds. The van der Waals surface area contributed by atoms with Gasteiger partial charge in [0.05, 0.1) is 4.47 Å². The van der Waals surface area contributed by atoms with Crippen LogP contribution < -0.4 is 5.32 Å². The van der Waals surface area contributed by atoms with Crippen molar-refractivity contribution >= 4 is 21.7 Å². The van der Waals surface area contributed by atoms with Crippen LogP contribution in [0.2, 0.25) is 0 Å². The second kappa shape index (κ2) is 6.31. The maximum atomic E-state index is 4.20. The predicted molar refractivity (Wildman–Crippen MR) is 73.1 cm³/mol. The molecule has 0 aromatic carbocycles. The lowest BCUT2D eigenvalue weighted by Gasteiger charge is -2.20. The van der Waals surface area contributed by atoms with Crippen LogP contribution in [0, 0.1) is 5.92 Å². The summed E-state index contributed by atoms with van der Waals surface area (Å²) in [5, 5.41) is 3.36. The summed E-state index contributed by atoms with van der Waals surface area (Å²) >= 11 is 3.44. The summed E-state index contributed by atoms with van der Waals surface area (Å²) in [5.41, 5.74) is 0. The Morgan fingerprint density at radius 3 is 2.94 bits per heavy atom. The SMILES string of the molecule is CC(CNc1ncncc1Br)CN1CCCC1.